The lowest BCUT2D eigenvalue weighted by Crippen LogP contribution is -2.46. The first-order valence-electron chi connectivity index (χ1n) is 3.77. The number of carbonyl (C=O) groups is 2. The van der Waals surface area contributed by atoms with Crippen LogP contribution in [0.4, 0.5) is 0 Å². The van der Waals surface area contributed by atoms with E-state index < -0.39 is 24.0 Å². The van der Waals surface area contributed by atoms with Crippen molar-refractivity contribution in [2.24, 2.45) is 5.73 Å². The molecule has 0 aliphatic heterocycles. The molecule has 5 nitrogen and oxygen atoms in total. The Hall–Kier alpha value is -1.10. The molecule has 0 aromatic carbocycles. The number of hydrogen-bond acceptors (Lipinski definition) is 3. The molecule has 0 heterocycles. The van der Waals surface area contributed by atoms with Gasteiger partial charge in [0, 0.05) is 0 Å². The number of nitrogens with one attached hydrogen (secondary N) is 1. The van der Waals surface area contributed by atoms with E-state index in [9.17, 15) is 9.59 Å². The predicted octanol–water partition coefficient (Wildman–Crippen LogP) is -0.687. The quantitative estimate of drug-likeness (QED) is 0.526. The summed E-state index contributed by atoms with van der Waals surface area (Å²) < 4.78 is 0. The van der Waals surface area contributed by atoms with Crippen LogP contribution < -0.4 is 11.1 Å². The van der Waals surface area contributed by atoms with Gasteiger partial charge < -0.3 is 16.2 Å². The number of carbonyl (C=O) groups excluding carboxylic acids is 1. The largest absolute Gasteiger partial charge is 0.480 e. The van der Waals surface area contributed by atoms with Gasteiger partial charge in [-0.05, 0) is 13.3 Å². The van der Waals surface area contributed by atoms with Gasteiger partial charge in [-0.3, -0.25) is 4.79 Å². The minimum absolute atomic E-state index is 0.355. The second-order valence-corrected chi connectivity index (χ2v) is 2.60. The summed E-state index contributed by atoms with van der Waals surface area (Å²) >= 11 is 0. The minimum Gasteiger partial charge on any atom is -0.480 e. The number of carboxylic acids is 1. The van der Waals surface area contributed by atoms with Gasteiger partial charge in [0.05, 0.1) is 6.04 Å². The average Bonchev–Trinajstić information content (AvgIpc) is 1.98. The zero-order valence-corrected chi connectivity index (χ0v) is 7.20. The van der Waals surface area contributed by atoms with Crippen LogP contribution in [0.5, 0.6) is 0 Å². The van der Waals surface area contributed by atoms with Gasteiger partial charge in [-0.1, -0.05) is 6.92 Å². The van der Waals surface area contributed by atoms with Crippen molar-refractivity contribution in [3.8, 4) is 0 Å². The molecule has 0 aliphatic rings. The van der Waals surface area contributed by atoms with E-state index >= 15 is 0 Å². The minimum atomic E-state index is -1.04. The maximum atomic E-state index is 10.9. The number of amides is 1. The molecular weight excluding hydrogens is 160 g/mol. The highest BCUT2D eigenvalue weighted by atomic mass is 16.4. The molecule has 0 saturated heterocycles. The summed E-state index contributed by atoms with van der Waals surface area (Å²) in [5, 5.41) is 10.9. The Bertz CT molecular complexity index is 179. The van der Waals surface area contributed by atoms with Crippen LogP contribution in [-0.2, 0) is 9.59 Å². The van der Waals surface area contributed by atoms with E-state index in [1.165, 1.54) is 6.92 Å². The lowest BCUT2D eigenvalue weighted by molar-refractivity contribution is -0.142. The van der Waals surface area contributed by atoms with Crippen molar-refractivity contribution < 1.29 is 14.7 Å². The molecular formula is C7H14N2O3. The van der Waals surface area contributed by atoms with Crippen molar-refractivity contribution in [3.63, 3.8) is 0 Å². The van der Waals surface area contributed by atoms with Gasteiger partial charge in [0.1, 0.15) is 6.04 Å². The first-order valence-corrected chi connectivity index (χ1v) is 3.77. The molecule has 5 heteroatoms. The summed E-state index contributed by atoms with van der Waals surface area (Å²) in [5.74, 6) is -1.48. The third-order valence-electron chi connectivity index (χ3n) is 1.44. The predicted molar refractivity (Wildman–Crippen MR) is 43.5 cm³/mol. The molecule has 0 radical (unpaired) electrons. The standard InChI is InChI=1S/C7H14N2O3/c1-3-5(7(11)12)9-6(10)4(2)8/h4-5H,3,8H2,1-2H3,(H,9,10)(H,11,12)/t4-,5+/m0/s1. The van der Waals surface area contributed by atoms with E-state index in [4.69, 9.17) is 10.8 Å². The van der Waals surface area contributed by atoms with E-state index in [-0.39, 0.29) is 0 Å². The number of rotatable bonds is 4. The molecule has 0 fully saturated rings. The van der Waals surface area contributed by atoms with E-state index in [1.54, 1.807) is 6.92 Å². The zero-order valence-electron chi connectivity index (χ0n) is 7.20. The van der Waals surface area contributed by atoms with Crippen molar-refractivity contribution in [1.29, 1.82) is 0 Å². The van der Waals surface area contributed by atoms with Gasteiger partial charge in [0.25, 0.3) is 0 Å². The van der Waals surface area contributed by atoms with Crippen LogP contribution in [-0.4, -0.2) is 29.1 Å². The fourth-order valence-electron chi connectivity index (χ4n) is 0.642. The summed E-state index contributed by atoms with van der Waals surface area (Å²) in [7, 11) is 0. The van der Waals surface area contributed by atoms with Crippen LogP contribution in [0.25, 0.3) is 0 Å². The maximum absolute atomic E-state index is 10.9. The van der Waals surface area contributed by atoms with Crippen LogP contribution in [0.2, 0.25) is 0 Å². The van der Waals surface area contributed by atoms with Gasteiger partial charge in [-0.2, -0.15) is 0 Å². The molecule has 0 rings (SSSR count). The summed E-state index contributed by atoms with van der Waals surface area (Å²) in [6.07, 6.45) is 0.355. The molecule has 2 atom stereocenters. The smallest absolute Gasteiger partial charge is 0.326 e. The van der Waals surface area contributed by atoms with Crippen LogP contribution in [0.15, 0.2) is 0 Å². The highest BCUT2D eigenvalue weighted by Crippen LogP contribution is 1.91. The lowest BCUT2D eigenvalue weighted by atomic mass is 10.2. The van der Waals surface area contributed by atoms with Gasteiger partial charge in [-0.25, -0.2) is 4.79 Å². The summed E-state index contributed by atoms with van der Waals surface area (Å²) in [4.78, 5) is 21.4. The monoisotopic (exact) mass is 174 g/mol. The Morgan fingerprint density at radius 3 is 2.33 bits per heavy atom. The van der Waals surface area contributed by atoms with E-state index in [2.05, 4.69) is 5.32 Å². The molecule has 0 spiro atoms. The fraction of sp³-hybridized carbons (Fsp3) is 0.714. The van der Waals surface area contributed by atoms with Crippen molar-refractivity contribution >= 4 is 11.9 Å². The number of carboxylic acid groups (broad SMARTS) is 1. The summed E-state index contributed by atoms with van der Waals surface area (Å²) in [5.41, 5.74) is 5.23. The third-order valence-corrected chi connectivity index (χ3v) is 1.44. The van der Waals surface area contributed by atoms with E-state index in [0.717, 1.165) is 0 Å². The van der Waals surface area contributed by atoms with Crippen molar-refractivity contribution in [3.05, 3.63) is 0 Å². The van der Waals surface area contributed by atoms with E-state index in [0.29, 0.717) is 6.42 Å². The van der Waals surface area contributed by atoms with Crippen LogP contribution in [0.1, 0.15) is 20.3 Å². The van der Waals surface area contributed by atoms with Gasteiger partial charge in [-0.15, -0.1) is 0 Å². The SMILES string of the molecule is CC[C@@H](NC(=O)[C@H](C)N)C(=O)O. The molecule has 0 unspecified atom stereocenters. The Balaban J connectivity index is 4.03. The van der Waals surface area contributed by atoms with Crippen molar-refractivity contribution in [2.45, 2.75) is 32.4 Å². The normalized spacial score (nSPS) is 14.9. The summed E-state index contributed by atoms with van der Waals surface area (Å²) in [6, 6.07) is -1.50. The Morgan fingerprint density at radius 2 is 2.08 bits per heavy atom. The fourth-order valence-corrected chi connectivity index (χ4v) is 0.642. The van der Waals surface area contributed by atoms with E-state index in [1.807, 2.05) is 0 Å². The molecule has 0 bridgehead atoms. The number of nitrogens with two attached hydrogens (primary N) is 1. The maximum Gasteiger partial charge on any atom is 0.326 e. The summed E-state index contributed by atoms with van der Waals surface area (Å²) in [6.45, 7) is 3.18. The molecule has 0 saturated carbocycles. The Kier molecular flexibility index (Phi) is 4.28. The molecule has 70 valence electrons. The average molecular weight is 174 g/mol. The van der Waals surface area contributed by atoms with Crippen molar-refractivity contribution in [2.75, 3.05) is 0 Å². The highest BCUT2D eigenvalue weighted by molar-refractivity contribution is 5.86. The Labute approximate surface area is 70.9 Å². The number of hydrogen-bond donors (Lipinski definition) is 3. The lowest BCUT2D eigenvalue weighted by Gasteiger charge is -2.13. The zero-order chi connectivity index (χ0) is 9.72. The highest BCUT2D eigenvalue weighted by Gasteiger charge is 2.18. The first-order chi connectivity index (χ1) is 5.49. The van der Waals surface area contributed by atoms with Gasteiger partial charge in [0.15, 0.2) is 0 Å². The Morgan fingerprint density at radius 1 is 1.58 bits per heavy atom. The molecule has 4 N–H and O–H groups in total. The topological polar surface area (TPSA) is 92.4 Å². The van der Waals surface area contributed by atoms with Gasteiger partial charge in [0.2, 0.25) is 5.91 Å². The third kappa shape index (κ3) is 3.34. The molecule has 0 aromatic rings. The second-order valence-electron chi connectivity index (χ2n) is 2.60. The molecule has 0 aromatic heterocycles. The second kappa shape index (κ2) is 4.71. The first kappa shape index (κ1) is 10.9. The van der Waals surface area contributed by atoms with Crippen LogP contribution >= 0.6 is 0 Å². The van der Waals surface area contributed by atoms with Crippen LogP contribution in [0.3, 0.4) is 0 Å². The molecule has 0 aliphatic carbocycles. The molecule has 12 heavy (non-hydrogen) atoms. The molecule has 1 amide bonds. The van der Waals surface area contributed by atoms with Crippen LogP contribution in [0, 0.1) is 0 Å². The van der Waals surface area contributed by atoms with Crippen molar-refractivity contribution in [1.82, 2.24) is 5.32 Å². The van der Waals surface area contributed by atoms with Gasteiger partial charge >= 0.3 is 5.97 Å². The number of aliphatic carboxylic acids is 1.